The highest BCUT2D eigenvalue weighted by Gasteiger charge is 2.39. The second-order valence-corrected chi connectivity index (χ2v) is 7.49. The number of benzene rings is 2. The molecule has 3 atom stereocenters. The van der Waals surface area contributed by atoms with Crippen molar-refractivity contribution < 1.29 is 14.3 Å². The predicted molar refractivity (Wildman–Crippen MR) is 100 cm³/mol. The molecule has 26 heavy (non-hydrogen) atoms. The monoisotopic (exact) mass is 353 g/mol. The van der Waals surface area contributed by atoms with Crippen LogP contribution in [0.4, 0.5) is 10.1 Å². The average Bonchev–Trinajstić information content (AvgIpc) is 2.67. The number of hydrogen-bond acceptors (Lipinski definition) is 2. The summed E-state index contributed by atoms with van der Waals surface area (Å²) in [5.74, 6) is -0.746. The number of carboxylic acids is 1. The Morgan fingerprint density at radius 3 is 2.69 bits per heavy atom. The van der Waals surface area contributed by atoms with Gasteiger partial charge in [-0.3, -0.25) is 0 Å². The van der Waals surface area contributed by atoms with Crippen LogP contribution in [-0.4, -0.2) is 11.1 Å². The minimum absolute atomic E-state index is 0.00441. The smallest absolute Gasteiger partial charge is 0.335 e. The van der Waals surface area contributed by atoms with Crippen molar-refractivity contribution in [2.75, 3.05) is 5.32 Å². The van der Waals surface area contributed by atoms with Crippen LogP contribution in [0.5, 0.6) is 0 Å². The Morgan fingerprint density at radius 2 is 1.96 bits per heavy atom. The largest absolute Gasteiger partial charge is 0.478 e. The molecule has 4 heteroatoms. The summed E-state index contributed by atoms with van der Waals surface area (Å²) in [7, 11) is 0. The molecule has 2 aromatic rings. The lowest BCUT2D eigenvalue weighted by Crippen LogP contribution is -2.34. The first kappa shape index (κ1) is 17.1. The summed E-state index contributed by atoms with van der Waals surface area (Å²) in [6.45, 7) is 2.17. The minimum Gasteiger partial charge on any atom is -0.478 e. The van der Waals surface area contributed by atoms with E-state index in [1.807, 2.05) is 0 Å². The lowest BCUT2D eigenvalue weighted by Gasteiger charge is -2.44. The van der Waals surface area contributed by atoms with Crippen molar-refractivity contribution in [2.24, 2.45) is 5.92 Å². The number of carbonyl (C=O) groups is 1. The Morgan fingerprint density at radius 1 is 1.15 bits per heavy atom. The molecule has 4 rings (SSSR count). The van der Waals surface area contributed by atoms with Crippen LogP contribution in [-0.2, 0) is 6.42 Å². The van der Waals surface area contributed by atoms with Gasteiger partial charge in [-0.25, -0.2) is 9.18 Å². The van der Waals surface area contributed by atoms with Gasteiger partial charge in [0.2, 0.25) is 0 Å². The van der Waals surface area contributed by atoms with E-state index >= 15 is 0 Å². The van der Waals surface area contributed by atoms with E-state index in [2.05, 4.69) is 30.4 Å². The Balaban J connectivity index is 1.76. The van der Waals surface area contributed by atoms with Gasteiger partial charge in [-0.2, -0.15) is 0 Å². The number of rotatable bonds is 3. The van der Waals surface area contributed by atoms with Crippen LogP contribution < -0.4 is 5.32 Å². The maximum Gasteiger partial charge on any atom is 0.335 e. The highest BCUT2D eigenvalue weighted by atomic mass is 19.1. The van der Waals surface area contributed by atoms with Gasteiger partial charge in [-0.1, -0.05) is 38.0 Å². The van der Waals surface area contributed by atoms with Gasteiger partial charge in [0.15, 0.2) is 0 Å². The van der Waals surface area contributed by atoms with Crippen molar-refractivity contribution in [3.05, 3.63) is 64.5 Å². The lowest BCUT2D eigenvalue weighted by molar-refractivity contribution is 0.0696. The molecule has 1 aliphatic carbocycles. The molecule has 3 nitrogen and oxygen atoms in total. The van der Waals surface area contributed by atoms with Crippen LogP contribution in [0.2, 0.25) is 0 Å². The molecule has 0 saturated heterocycles. The number of nitrogens with one attached hydrogen (secondary N) is 1. The number of fused-ring (bicyclic) bond motifs is 3. The second-order valence-electron chi connectivity index (χ2n) is 7.49. The molecule has 136 valence electrons. The van der Waals surface area contributed by atoms with Crippen molar-refractivity contribution >= 4 is 11.7 Å². The number of aryl methyl sites for hydroxylation is 1. The van der Waals surface area contributed by atoms with E-state index in [-0.39, 0.29) is 11.6 Å². The molecule has 0 spiro atoms. The molecule has 1 aliphatic heterocycles. The molecule has 0 amide bonds. The van der Waals surface area contributed by atoms with E-state index in [1.165, 1.54) is 23.6 Å². The molecule has 1 fully saturated rings. The number of aromatic carboxylic acids is 1. The van der Waals surface area contributed by atoms with E-state index in [0.717, 1.165) is 37.4 Å². The zero-order valence-electron chi connectivity index (χ0n) is 15.0. The zero-order chi connectivity index (χ0) is 18.3. The molecular formula is C22H24FNO2. The molecule has 0 bridgehead atoms. The van der Waals surface area contributed by atoms with Crippen molar-refractivity contribution in [1.82, 2.24) is 0 Å². The summed E-state index contributed by atoms with van der Waals surface area (Å²) in [4.78, 5) is 11.1. The van der Waals surface area contributed by atoms with Gasteiger partial charge in [0, 0.05) is 11.3 Å². The average molecular weight is 353 g/mol. The molecule has 2 aromatic carbocycles. The molecule has 0 unspecified atom stereocenters. The summed E-state index contributed by atoms with van der Waals surface area (Å²) in [5.41, 5.74) is 4.38. The molecule has 2 aliphatic rings. The Kier molecular flexibility index (Phi) is 4.43. The Hall–Kier alpha value is -2.36. The van der Waals surface area contributed by atoms with Crippen LogP contribution in [0.3, 0.4) is 0 Å². The molecule has 1 heterocycles. The fraction of sp³-hybridized carbons (Fsp3) is 0.409. The fourth-order valence-corrected chi connectivity index (χ4v) is 4.71. The maximum absolute atomic E-state index is 14.7. The van der Waals surface area contributed by atoms with Crippen LogP contribution in [0.1, 0.15) is 71.6 Å². The Bertz CT molecular complexity index is 848. The SMILES string of the molecule is CCc1ccc2c(c1)[C@@H]1CCCC[C@@H]1[C@@H](c1ccc(C(=O)O)cc1F)N2. The van der Waals surface area contributed by atoms with Gasteiger partial charge >= 0.3 is 5.97 Å². The summed E-state index contributed by atoms with van der Waals surface area (Å²) < 4.78 is 14.7. The summed E-state index contributed by atoms with van der Waals surface area (Å²) in [6.07, 6.45) is 5.59. The maximum atomic E-state index is 14.7. The fourth-order valence-electron chi connectivity index (χ4n) is 4.71. The first-order valence-electron chi connectivity index (χ1n) is 9.50. The Labute approximate surface area is 153 Å². The lowest BCUT2D eigenvalue weighted by atomic mass is 9.67. The third-order valence-corrected chi connectivity index (χ3v) is 6.06. The van der Waals surface area contributed by atoms with Gasteiger partial charge in [-0.05, 0) is 60.4 Å². The third-order valence-electron chi connectivity index (χ3n) is 6.06. The van der Waals surface area contributed by atoms with E-state index < -0.39 is 11.8 Å². The number of carboxylic acid groups (broad SMARTS) is 1. The third kappa shape index (κ3) is 2.87. The van der Waals surface area contributed by atoms with E-state index in [0.29, 0.717) is 17.4 Å². The first-order chi connectivity index (χ1) is 12.6. The number of anilines is 1. The first-order valence-corrected chi connectivity index (χ1v) is 9.50. The topological polar surface area (TPSA) is 49.3 Å². The van der Waals surface area contributed by atoms with Crippen molar-refractivity contribution in [3.63, 3.8) is 0 Å². The highest BCUT2D eigenvalue weighted by molar-refractivity contribution is 5.87. The molecule has 0 aromatic heterocycles. The quantitative estimate of drug-likeness (QED) is 0.763. The van der Waals surface area contributed by atoms with Gasteiger partial charge in [-0.15, -0.1) is 0 Å². The number of halogens is 1. The van der Waals surface area contributed by atoms with Crippen LogP contribution in [0, 0.1) is 11.7 Å². The normalized spacial score (nSPS) is 24.3. The number of hydrogen-bond donors (Lipinski definition) is 2. The summed E-state index contributed by atoms with van der Waals surface area (Å²) >= 11 is 0. The van der Waals surface area contributed by atoms with Gasteiger partial charge < -0.3 is 10.4 Å². The van der Waals surface area contributed by atoms with E-state index in [4.69, 9.17) is 5.11 Å². The van der Waals surface area contributed by atoms with Crippen LogP contribution in [0.25, 0.3) is 0 Å². The van der Waals surface area contributed by atoms with Crippen molar-refractivity contribution in [1.29, 1.82) is 0 Å². The molecule has 2 N–H and O–H groups in total. The summed E-state index contributed by atoms with van der Waals surface area (Å²) in [5, 5.41) is 12.7. The van der Waals surface area contributed by atoms with Gasteiger partial charge in [0.05, 0.1) is 11.6 Å². The minimum atomic E-state index is -1.10. The highest BCUT2D eigenvalue weighted by Crippen LogP contribution is 2.51. The standard InChI is InChI=1S/C22H24FNO2/c1-2-13-7-10-20-18(11-13)15-5-3-4-6-16(15)21(24-20)17-9-8-14(22(25)26)12-19(17)23/h7-12,15-16,21,24H,2-6H2,1H3,(H,25,26)/t15-,16+,21+/m1/s1. The van der Waals surface area contributed by atoms with Crippen LogP contribution >= 0.6 is 0 Å². The second kappa shape index (κ2) is 6.75. The molecule has 0 radical (unpaired) electrons. The molecule has 1 saturated carbocycles. The molecular weight excluding hydrogens is 329 g/mol. The van der Waals surface area contributed by atoms with E-state index in [1.54, 1.807) is 6.07 Å². The summed E-state index contributed by atoms with van der Waals surface area (Å²) in [6, 6.07) is 10.8. The van der Waals surface area contributed by atoms with Gasteiger partial charge in [0.1, 0.15) is 5.82 Å². The van der Waals surface area contributed by atoms with Gasteiger partial charge in [0.25, 0.3) is 0 Å². The predicted octanol–water partition coefficient (Wildman–Crippen LogP) is 5.53. The van der Waals surface area contributed by atoms with E-state index in [9.17, 15) is 9.18 Å². The van der Waals surface area contributed by atoms with Crippen LogP contribution in [0.15, 0.2) is 36.4 Å². The van der Waals surface area contributed by atoms with Crippen molar-refractivity contribution in [3.8, 4) is 0 Å². The van der Waals surface area contributed by atoms with Crippen molar-refractivity contribution in [2.45, 2.75) is 51.0 Å². The zero-order valence-corrected chi connectivity index (χ0v) is 15.0.